The van der Waals surface area contributed by atoms with Crippen LogP contribution in [0.3, 0.4) is 0 Å². The Kier molecular flexibility index (Phi) is 11.6. The highest BCUT2D eigenvalue weighted by molar-refractivity contribution is 7.91. The number of nitrogens with one attached hydrogen (secondary N) is 3. The Morgan fingerprint density at radius 2 is 1.68 bits per heavy atom. The predicted octanol–water partition coefficient (Wildman–Crippen LogP) is 4.88. The molecule has 1 aliphatic heterocycles. The maximum atomic E-state index is 14.6. The molecule has 4 rings (SSSR count). The van der Waals surface area contributed by atoms with E-state index in [1.165, 1.54) is 24.0 Å². The van der Waals surface area contributed by atoms with Crippen molar-refractivity contribution in [2.24, 2.45) is 5.41 Å². The van der Waals surface area contributed by atoms with E-state index in [1.54, 1.807) is 47.7 Å². The molecule has 1 saturated carbocycles. The Balaban J connectivity index is 1.70. The lowest BCUT2D eigenvalue weighted by Gasteiger charge is -2.39. The smallest absolute Gasteiger partial charge is 0.408 e. The number of pyridine rings is 1. The Labute approximate surface area is 312 Å². The molecule has 1 aromatic carbocycles. The van der Waals surface area contributed by atoms with Gasteiger partial charge in [0.1, 0.15) is 40.3 Å². The average Bonchev–Trinajstić information content (AvgIpc) is 3.81. The molecule has 0 spiro atoms. The molecule has 1 aromatic heterocycles. The van der Waals surface area contributed by atoms with Crippen molar-refractivity contribution in [2.45, 2.75) is 123 Å². The summed E-state index contributed by atoms with van der Waals surface area (Å²) in [5, 5.41) is 6.02. The molecule has 2 heterocycles. The van der Waals surface area contributed by atoms with Crippen LogP contribution in [0.15, 0.2) is 54.9 Å². The average molecular weight is 756 g/mol. The van der Waals surface area contributed by atoms with Crippen molar-refractivity contribution >= 4 is 44.6 Å². The number of ether oxygens (including phenoxy) is 3. The minimum Gasteiger partial charge on any atom is -0.488 e. The van der Waals surface area contributed by atoms with Crippen LogP contribution in [0.25, 0.3) is 10.8 Å². The second kappa shape index (κ2) is 15.0. The fourth-order valence-corrected chi connectivity index (χ4v) is 7.16. The lowest BCUT2D eigenvalue weighted by molar-refractivity contribution is -0.147. The van der Waals surface area contributed by atoms with Gasteiger partial charge in [0.25, 0.3) is 5.91 Å². The predicted molar refractivity (Wildman–Crippen MR) is 200 cm³/mol. The first-order chi connectivity index (χ1) is 24.3. The van der Waals surface area contributed by atoms with Crippen molar-refractivity contribution in [1.82, 2.24) is 25.2 Å². The standard InChI is InChI=1S/C38H53N5O9S/c1-12-13-28(30(44)42-53(48,49)26-15-16-26)40-33(46)38(11)21-25(22-43(38)32(45)29(35(2,3)4)41-34(47)52-37(8,9)10)50-31-27-17-14-24(51-36(5,6)7)20-23(27)18-19-39-31/h12-14,17-20,25-26,29H,1,15-16,21-22H2,2-11H3,(H,40,46)(H,41,47)(H,42,44)/b28-13+/t25-,29-,38+/m1/s1. The third-order valence-electron chi connectivity index (χ3n) is 8.51. The first-order valence-corrected chi connectivity index (χ1v) is 19.1. The van der Waals surface area contributed by atoms with Crippen molar-refractivity contribution < 1.29 is 41.8 Å². The normalized spacial score (nSPS) is 20.3. The quantitative estimate of drug-likeness (QED) is 0.211. The van der Waals surface area contributed by atoms with Crippen LogP contribution < -0.4 is 24.8 Å². The molecule has 3 N–H and O–H groups in total. The molecule has 1 saturated heterocycles. The van der Waals surface area contributed by atoms with Crippen molar-refractivity contribution in [2.75, 3.05) is 6.54 Å². The van der Waals surface area contributed by atoms with E-state index in [4.69, 9.17) is 14.2 Å². The Morgan fingerprint density at radius 3 is 2.25 bits per heavy atom. The summed E-state index contributed by atoms with van der Waals surface area (Å²) in [6.45, 7) is 21.3. The van der Waals surface area contributed by atoms with Gasteiger partial charge in [-0.3, -0.25) is 14.4 Å². The summed E-state index contributed by atoms with van der Waals surface area (Å²) in [6.07, 6.45) is 3.19. The second-order valence-corrected chi connectivity index (χ2v) is 18.7. The van der Waals surface area contributed by atoms with Gasteiger partial charge in [0, 0.05) is 18.0 Å². The summed E-state index contributed by atoms with van der Waals surface area (Å²) in [7, 11) is -3.95. The largest absolute Gasteiger partial charge is 0.488 e. The highest BCUT2D eigenvalue weighted by atomic mass is 32.2. The molecule has 0 unspecified atom stereocenters. The lowest BCUT2D eigenvalue weighted by Crippen LogP contribution is -2.62. The minimum absolute atomic E-state index is 0.0550. The fourth-order valence-electron chi connectivity index (χ4n) is 5.87. The van der Waals surface area contributed by atoms with Gasteiger partial charge in [0.15, 0.2) is 0 Å². The molecule has 1 aliphatic carbocycles. The Hall–Kier alpha value is -4.66. The summed E-state index contributed by atoms with van der Waals surface area (Å²) < 4.78 is 45.1. The molecule has 0 radical (unpaired) electrons. The van der Waals surface area contributed by atoms with Crippen LogP contribution in [0, 0.1) is 5.41 Å². The third kappa shape index (κ3) is 10.5. The number of likely N-dealkylation sites (tertiary alicyclic amines) is 1. The first kappa shape index (κ1) is 41.1. The number of benzene rings is 1. The van der Waals surface area contributed by atoms with Crippen LogP contribution in [0.5, 0.6) is 11.6 Å². The van der Waals surface area contributed by atoms with Gasteiger partial charge in [-0.05, 0) is 102 Å². The molecule has 4 amide bonds. The van der Waals surface area contributed by atoms with Gasteiger partial charge < -0.3 is 29.7 Å². The Morgan fingerprint density at radius 1 is 1.02 bits per heavy atom. The number of allylic oxidation sites excluding steroid dienone is 2. The van der Waals surface area contributed by atoms with Gasteiger partial charge >= 0.3 is 6.09 Å². The SMILES string of the molecule is C=C/C=C(/NC(=O)[C@]1(C)C[C@@H](Oc2nccc3cc(OC(C)(C)C)ccc23)CN1C(=O)[C@@H](NC(=O)OC(C)(C)C)C(C)(C)C)C(=O)NS(=O)(=O)C1CC1. The van der Waals surface area contributed by atoms with Gasteiger partial charge in [-0.15, -0.1) is 0 Å². The number of carbonyl (C=O) groups is 4. The summed E-state index contributed by atoms with van der Waals surface area (Å²) in [5.74, 6) is -1.51. The van der Waals surface area contributed by atoms with E-state index in [1.807, 2.05) is 49.8 Å². The zero-order chi connectivity index (χ0) is 39.7. The van der Waals surface area contributed by atoms with Gasteiger partial charge in [-0.1, -0.05) is 33.4 Å². The second-order valence-electron chi connectivity index (χ2n) is 16.8. The molecule has 15 heteroatoms. The van der Waals surface area contributed by atoms with Crippen LogP contribution in [0.2, 0.25) is 0 Å². The maximum absolute atomic E-state index is 14.6. The highest BCUT2D eigenvalue weighted by Crippen LogP contribution is 2.37. The summed E-state index contributed by atoms with van der Waals surface area (Å²) >= 11 is 0. The molecule has 0 bridgehead atoms. The number of carbonyl (C=O) groups excluding carboxylic acids is 4. The summed E-state index contributed by atoms with van der Waals surface area (Å²) in [5.41, 5.74) is -4.16. The van der Waals surface area contributed by atoms with E-state index in [0.717, 1.165) is 5.39 Å². The number of amides is 4. The Bertz CT molecular complexity index is 1900. The molecular formula is C38H53N5O9S. The van der Waals surface area contributed by atoms with Crippen molar-refractivity contribution in [3.05, 3.63) is 54.9 Å². The molecular weight excluding hydrogens is 703 g/mol. The third-order valence-corrected chi connectivity index (χ3v) is 10.3. The van der Waals surface area contributed by atoms with Crippen molar-refractivity contribution in [1.29, 1.82) is 0 Å². The monoisotopic (exact) mass is 755 g/mol. The van der Waals surface area contributed by atoms with E-state index >= 15 is 0 Å². The number of alkyl carbamates (subject to hydrolysis) is 1. The van der Waals surface area contributed by atoms with E-state index in [2.05, 4.69) is 22.2 Å². The molecule has 3 atom stereocenters. The van der Waals surface area contributed by atoms with Gasteiger partial charge in [-0.2, -0.15) is 0 Å². The number of hydrogen-bond acceptors (Lipinski definition) is 10. The van der Waals surface area contributed by atoms with Crippen LogP contribution in [-0.4, -0.2) is 82.8 Å². The van der Waals surface area contributed by atoms with Crippen molar-refractivity contribution in [3.63, 3.8) is 0 Å². The zero-order valence-electron chi connectivity index (χ0n) is 32.3. The number of rotatable bonds is 11. The summed E-state index contributed by atoms with van der Waals surface area (Å²) in [4.78, 5) is 60.8. The lowest BCUT2D eigenvalue weighted by atomic mass is 9.85. The number of fused-ring (bicyclic) bond motifs is 1. The summed E-state index contributed by atoms with van der Waals surface area (Å²) in [6, 6.07) is 6.16. The van der Waals surface area contributed by atoms with E-state index in [9.17, 15) is 27.6 Å². The molecule has 2 aromatic rings. The number of aromatic nitrogens is 1. The van der Waals surface area contributed by atoms with Crippen LogP contribution in [-0.2, 0) is 29.1 Å². The molecule has 2 fully saturated rings. The van der Waals surface area contributed by atoms with Crippen LogP contribution in [0.4, 0.5) is 4.79 Å². The van der Waals surface area contributed by atoms with E-state index < -0.39 is 73.4 Å². The molecule has 14 nitrogen and oxygen atoms in total. The fraction of sp³-hybridized carbons (Fsp3) is 0.553. The van der Waals surface area contributed by atoms with Gasteiger partial charge in [0.2, 0.25) is 27.7 Å². The van der Waals surface area contributed by atoms with E-state index in [-0.39, 0.29) is 24.5 Å². The number of hydrogen-bond donors (Lipinski definition) is 3. The van der Waals surface area contributed by atoms with Crippen molar-refractivity contribution in [3.8, 4) is 11.6 Å². The first-order valence-electron chi connectivity index (χ1n) is 17.6. The van der Waals surface area contributed by atoms with Crippen LogP contribution >= 0.6 is 0 Å². The topological polar surface area (TPSA) is 182 Å². The number of sulfonamides is 1. The minimum atomic E-state index is -3.95. The van der Waals surface area contributed by atoms with Gasteiger partial charge in [0.05, 0.1) is 11.8 Å². The van der Waals surface area contributed by atoms with E-state index in [0.29, 0.717) is 24.0 Å². The molecule has 53 heavy (non-hydrogen) atoms. The molecule has 290 valence electrons. The maximum Gasteiger partial charge on any atom is 0.408 e. The number of nitrogens with zero attached hydrogens (tertiary/aromatic N) is 2. The van der Waals surface area contributed by atoms with Crippen LogP contribution in [0.1, 0.15) is 88.5 Å². The molecule has 2 aliphatic rings. The zero-order valence-corrected chi connectivity index (χ0v) is 33.1. The van der Waals surface area contributed by atoms with Gasteiger partial charge in [-0.25, -0.2) is 22.9 Å². The highest BCUT2D eigenvalue weighted by Gasteiger charge is 2.54.